The maximum atomic E-state index is 12.9. The first-order valence-electron chi connectivity index (χ1n) is 13.3. The quantitative estimate of drug-likeness (QED) is 0.118. The molecule has 3 aromatic rings. The molecule has 1 heterocycles. The number of ether oxygens (including phenoxy) is 5. The van der Waals surface area contributed by atoms with Gasteiger partial charge in [0.15, 0.2) is 23.0 Å². The smallest absolute Gasteiger partial charge is 0.341 e. The third-order valence-corrected chi connectivity index (χ3v) is 6.97. The Bertz CT molecular complexity index is 1320. The summed E-state index contributed by atoms with van der Waals surface area (Å²) >= 11 is 1.24. The Morgan fingerprint density at radius 2 is 1.60 bits per heavy atom. The van der Waals surface area contributed by atoms with E-state index in [4.69, 9.17) is 23.7 Å². The lowest BCUT2D eigenvalue weighted by molar-refractivity contribution is -0.111. The van der Waals surface area contributed by atoms with E-state index < -0.39 is 5.97 Å². The summed E-state index contributed by atoms with van der Waals surface area (Å²) in [6.45, 7) is 4.74. The van der Waals surface area contributed by atoms with E-state index in [0.29, 0.717) is 40.2 Å². The molecule has 0 radical (unpaired) electrons. The standard InChI is InChI=1S/C31H37NO7S/c1-6-8-9-10-17-39-25-14-11-21(18-26(25)36-4)12-16-28(33)32-30-29(31(34)38-7-2)23(20-40-30)22-13-15-24(35-3)27(19-22)37-5/h11-16,18-20H,6-10,17H2,1-5H3,(H,32,33)/b16-12+. The number of hydrogen-bond acceptors (Lipinski definition) is 8. The van der Waals surface area contributed by atoms with Gasteiger partial charge in [0.05, 0.1) is 34.5 Å². The molecule has 40 heavy (non-hydrogen) atoms. The van der Waals surface area contributed by atoms with Crippen LogP contribution in [0.25, 0.3) is 17.2 Å². The lowest BCUT2D eigenvalue weighted by Crippen LogP contribution is -2.12. The Morgan fingerprint density at radius 1 is 0.875 bits per heavy atom. The molecule has 1 amide bonds. The van der Waals surface area contributed by atoms with Gasteiger partial charge in [0.25, 0.3) is 0 Å². The van der Waals surface area contributed by atoms with Crippen molar-refractivity contribution in [1.82, 2.24) is 0 Å². The molecule has 214 valence electrons. The highest BCUT2D eigenvalue weighted by atomic mass is 32.1. The number of hydrogen-bond donors (Lipinski definition) is 1. The molecular weight excluding hydrogens is 530 g/mol. The Morgan fingerprint density at radius 3 is 2.30 bits per heavy atom. The van der Waals surface area contributed by atoms with Crippen molar-refractivity contribution in [3.63, 3.8) is 0 Å². The van der Waals surface area contributed by atoms with E-state index in [-0.39, 0.29) is 18.1 Å². The van der Waals surface area contributed by atoms with Crippen molar-refractivity contribution in [1.29, 1.82) is 0 Å². The molecule has 0 aliphatic carbocycles. The third-order valence-electron chi connectivity index (χ3n) is 6.07. The van der Waals surface area contributed by atoms with Crippen molar-refractivity contribution < 1.29 is 33.3 Å². The van der Waals surface area contributed by atoms with Crippen molar-refractivity contribution in [2.45, 2.75) is 39.5 Å². The van der Waals surface area contributed by atoms with Gasteiger partial charge in [-0.05, 0) is 54.8 Å². The minimum Gasteiger partial charge on any atom is -0.493 e. The Balaban J connectivity index is 1.77. The second-order valence-electron chi connectivity index (χ2n) is 8.79. The van der Waals surface area contributed by atoms with E-state index >= 15 is 0 Å². The van der Waals surface area contributed by atoms with E-state index in [0.717, 1.165) is 24.0 Å². The number of thiophene rings is 1. The van der Waals surface area contributed by atoms with Crippen LogP contribution in [0.15, 0.2) is 47.9 Å². The molecule has 1 N–H and O–H groups in total. The van der Waals surface area contributed by atoms with Crippen LogP contribution in [0.2, 0.25) is 0 Å². The van der Waals surface area contributed by atoms with Crippen LogP contribution in [0, 0.1) is 0 Å². The van der Waals surface area contributed by atoms with Gasteiger partial charge in [-0.15, -0.1) is 11.3 Å². The molecule has 0 fully saturated rings. The number of methoxy groups -OCH3 is 3. The second-order valence-corrected chi connectivity index (χ2v) is 9.67. The number of carbonyl (C=O) groups excluding carboxylic acids is 2. The normalized spacial score (nSPS) is 10.8. The number of benzene rings is 2. The Kier molecular flexibility index (Phi) is 11.9. The van der Waals surface area contributed by atoms with Gasteiger partial charge < -0.3 is 29.0 Å². The summed E-state index contributed by atoms with van der Waals surface area (Å²) in [7, 11) is 4.69. The summed E-state index contributed by atoms with van der Waals surface area (Å²) in [5.74, 6) is 1.45. The average molecular weight is 568 g/mol. The van der Waals surface area contributed by atoms with Gasteiger partial charge in [-0.1, -0.05) is 38.3 Å². The Labute approximate surface area is 239 Å². The summed E-state index contributed by atoms with van der Waals surface area (Å²) in [5, 5.41) is 5.02. The van der Waals surface area contributed by atoms with Crippen molar-refractivity contribution >= 4 is 34.3 Å². The predicted octanol–water partition coefficient (Wildman–Crippen LogP) is 7.23. The summed E-state index contributed by atoms with van der Waals surface area (Å²) in [6, 6.07) is 10.9. The van der Waals surface area contributed by atoms with Gasteiger partial charge >= 0.3 is 5.97 Å². The lowest BCUT2D eigenvalue weighted by Gasteiger charge is -2.11. The van der Waals surface area contributed by atoms with Crippen LogP contribution in [0.5, 0.6) is 23.0 Å². The second kappa shape index (κ2) is 15.6. The van der Waals surface area contributed by atoms with Crippen molar-refractivity contribution in [2.24, 2.45) is 0 Å². The van der Waals surface area contributed by atoms with Crippen LogP contribution in [-0.4, -0.2) is 46.4 Å². The van der Waals surface area contributed by atoms with Crippen LogP contribution < -0.4 is 24.3 Å². The minimum absolute atomic E-state index is 0.202. The zero-order valence-corrected chi connectivity index (χ0v) is 24.5. The highest BCUT2D eigenvalue weighted by Gasteiger charge is 2.23. The van der Waals surface area contributed by atoms with E-state index in [1.54, 1.807) is 51.8 Å². The van der Waals surface area contributed by atoms with E-state index in [1.807, 2.05) is 24.3 Å². The van der Waals surface area contributed by atoms with Crippen LogP contribution in [0.4, 0.5) is 5.00 Å². The fourth-order valence-corrected chi connectivity index (χ4v) is 4.98. The molecular formula is C31H37NO7S. The molecule has 0 aliphatic rings. The third kappa shape index (κ3) is 8.02. The number of anilines is 1. The fourth-order valence-electron chi connectivity index (χ4n) is 4.02. The molecule has 9 heteroatoms. The molecule has 0 atom stereocenters. The van der Waals surface area contributed by atoms with Gasteiger partial charge in [0, 0.05) is 17.0 Å². The summed E-state index contributed by atoms with van der Waals surface area (Å²) in [4.78, 5) is 25.8. The van der Waals surface area contributed by atoms with Crippen molar-refractivity contribution in [3.8, 4) is 34.1 Å². The highest BCUT2D eigenvalue weighted by Crippen LogP contribution is 2.39. The monoisotopic (exact) mass is 567 g/mol. The molecule has 8 nitrogen and oxygen atoms in total. The first-order valence-corrected chi connectivity index (χ1v) is 14.1. The van der Waals surface area contributed by atoms with Crippen LogP contribution in [0.3, 0.4) is 0 Å². The van der Waals surface area contributed by atoms with E-state index in [1.165, 1.54) is 30.3 Å². The first kappa shape index (κ1) is 30.6. The maximum absolute atomic E-state index is 12.9. The number of esters is 1. The van der Waals surface area contributed by atoms with Crippen molar-refractivity contribution in [3.05, 3.63) is 59.0 Å². The Hall–Kier alpha value is -3.98. The zero-order valence-electron chi connectivity index (χ0n) is 23.7. The lowest BCUT2D eigenvalue weighted by atomic mass is 10.0. The minimum atomic E-state index is -0.525. The van der Waals surface area contributed by atoms with Crippen LogP contribution >= 0.6 is 11.3 Å². The average Bonchev–Trinajstić information content (AvgIpc) is 3.39. The van der Waals surface area contributed by atoms with Crippen molar-refractivity contribution in [2.75, 3.05) is 39.9 Å². The molecule has 2 aromatic carbocycles. The van der Waals surface area contributed by atoms with Gasteiger partial charge in [-0.2, -0.15) is 0 Å². The molecule has 0 bridgehead atoms. The molecule has 3 rings (SSSR count). The molecule has 1 aromatic heterocycles. The number of amides is 1. The van der Waals surface area contributed by atoms with Crippen LogP contribution in [0.1, 0.15) is 55.5 Å². The number of rotatable bonds is 15. The van der Waals surface area contributed by atoms with Gasteiger partial charge in [0.2, 0.25) is 5.91 Å². The summed E-state index contributed by atoms with van der Waals surface area (Å²) in [6.07, 6.45) is 7.57. The zero-order chi connectivity index (χ0) is 28.9. The predicted molar refractivity (Wildman–Crippen MR) is 159 cm³/mol. The van der Waals surface area contributed by atoms with Crippen LogP contribution in [-0.2, 0) is 9.53 Å². The summed E-state index contributed by atoms with van der Waals surface area (Å²) < 4.78 is 27.4. The molecule has 0 unspecified atom stereocenters. The fraction of sp³-hybridized carbons (Fsp3) is 0.355. The highest BCUT2D eigenvalue weighted by molar-refractivity contribution is 7.15. The maximum Gasteiger partial charge on any atom is 0.341 e. The van der Waals surface area contributed by atoms with E-state index in [2.05, 4.69) is 12.2 Å². The SMILES string of the molecule is CCCCCCOc1ccc(/C=C/C(=O)Nc2scc(-c3ccc(OC)c(OC)c3)c2C(=O)OCC)cc1OC. The molecule has 0 aliphatic heterocycles. The first-order chi connectivity index (χ1) is 19.4. The van der Waals surface area contributed by atoms with Gasteiger partial charge in [-0.3, -0.25) is 4.79 Å². The number of unbranched alkanes of at least 4 members (excludes halogenated alkanes) is 3. The van der Waals surface area contributed by atoms with Gasteiger partial charge in [-0.25, -0.2) is 4.79 Å². The number of nitrogens with one attached hydrogen (secondary N) is 1. The molecule has 0 saturated heterocycles. The largest absolute Gasteiger partial charge is 0.493 e. The molecule has 0 saturated carbocycles. The van der Waals surface area contributed by atoms with E-state index in [9.17, 15) is 9.59 Å². The van der Waals surface area contributed by atoms with Gasteiger partial charge in [0.1, 0.15) is 10.6 Å². The molecule has 0 spiro atoms. The topological polar surface area (TPSA) is 92.3 Å². The number of carbonyl (C=O) groups is 2. The summed E-state index contributed by atoms with van der Waals surface area (Å²) in [5.41, 5.74) is 2.41.